The Hall–Kier alpha value is -1.60. The molecule has 2 aromatic carbocycles. The molecule has 0 aromatic heterocycles. The third-order valence-electron chi connectivity index (χ3n) is 4.97. The zero-order valence-corrected chi connectivity index (χ0v) is 13.6. The SMILES string of the molecule is CCCNCC1(Cc2ccccc2)CCCc2ccccc21. The van der Waals surface area contributed by atoms with E-state index in [9.17, 15) is 0 Å². The topological polar surface area (TPSA) is 12.0 Å². The van der Waals surface area contributed by atoms with Crippen LogP contribution in [0.4, 0.5) is 0 Å². The summed E-state index contributed by atoms with van der Waals surface area (Å²) in [4.78, 5) is 0. The predicted octanol–water partition coefficient (Wildman–Crippen LogP) is 4.50. The second-order valence-corrected chi connectivity index (χ2v) is 6.63. The Morgan fingerprint density at radius 1 is 1.00 bits per heavy atom. The molecule has 116 valence electrons. The molecule has 0 amide bonds. The Kier molecular flexibility index (Phi) is 4.94. The zero-order valence-electron chi connectivity index (χ0n) is 13.6. The molecule has 0 bridgehead atoms. The molecular weight excluding hydrogens is 266 g/mol. The van der Waals surface area contributed by atoms with Crippen molar-refractivity contribution in [2.45, 2.75) is 44.4 Å². The summed E-state index contributed by atoms with van der Waals surface area (Å²) < 4.78 is 0. The summed E-state index contributed by atoms with van der Waals surface area (Å²) >= 11 is 0. The summed E-state index contributed by atoms with van der Waals surface area (Å²) in [6.45, 7) is 4.44. The molecule has 1 nitrogen and oxygen atoms in total. The molecule has 0 radical (unpaired) electrons. The molecular formula is C21H27N. The first-order chi connectivity index (χ1) is 10.8. The third kappa shape index (κ3) is 3.25. The molecule has 0 spiro atoms. The average Bonchev–Trinajstić information content (AvgIpc) is 2.57. The van der Waals surface area contributed by atoms with E-state index in [2.05, 4.69) is 66.8 Å². The van der Waals surface area contributed by atoms with E-state index in [0.29, 0.717) is 0 Å². The van der Waals surface area contributed by atoms with Crippen molar-refractivity contribution in [1.82, 2.24) is 5.32 Å². The number of hydrogen-bond donors (Lipinski definition) is 1. The minimum absolute atomic E-state index is 0.255. The van der Waals surface area contributed by atoms with E-state index in [1.54, 1.807) is 11.1 Å². The Balaban J connectivity index is 1.93. The average molecular weight is 293 g/mol. The van der Waals surface area contributed by atoms with Gasteiger partial charge in [0.1, 0.15) is 0 Å². The molecule has 1 unspecified atom stereocenters. The predicted molar refractivity (Wildman–Crippen MR) is 94.4 cm³/mol. The third-order valence-corrected chi connectivity index (χ3v) is 4.97. The molecule has 3 rings (SSSR count). The lowest BCUT2D eigenvalue weighted by Gasteiger charge is -2.40. The number of nitrogens with one attached hydrogen (secondary N) is 1. The van der Waals surface area contributed by atoms with E-state index in [1.807, 2.05) is 0 Å². The van der Waals surface area contributed by atoms with Crippen molar-refractivity contribution in [3.63, 3.8) is 0 Å². The quantitative estimate of drug-likeness (QED) is 0.773. The van der Waals surface area contributed by atoms with Crippen molar-refractivity contribution >= 4 is 0 Å². The molecule has 1 aliphatic rings. The highest BCUT2D eigenvalue weighted by atomic mass is 14.9. The number of benzene rings is 2. The number of fused-ring (bicyclic) bond motifs is 1. The van der Waals surface area contributed by atoms with E-state index in [-0.39, 0.29) is 5.41 Å². The van der Waals surface area contributed by atoms with Crippen LogP contribution in [0, 0.1) is 0 Å². The van der Waals surface area contributed by atoms with Crippen LogP contribution in [0.25, 0.3) is 0 Å². The van der Waals surface area contributed by atoms with Gasteiger partial charge in [-0.3, -0.25) is 0 Å². The summed E-state index contributed by atoms with van der Waals surface area (Å²) in [5, 5.41) is 3.71. The van der Waals surface area contributed by atoms with Gasteiger partial charge in [0, 0.05) is 12.0 Å². The molecule has 0 saturated carbocycles. The van der Waals surface area contributed by atoms with E-state index in [4.69, 9.17) is 0 Å². The smallest absolute Gasteiger partial charge is 0.0121 e. The molecule has 0 fully saturated rings. The van der Waals surface area contributed by atoms with Gasteiger partial charge in [-0.2, -0.15) is 0 Å². The van der Waals surface area contributed by atoms with Gasteiger partial charge in [0.15, 0.2) is 0 Å². The molecule has 2 aromatic rings. The minimum atomic E-state index is 0.255. The second kappa shape index (κ2) is 7.11. The van der Waals surface area contributed by atoms with E-state index in [0.717, 1.165) is 19.5 Å². The van der Waals surface area contributed by atoms with Gasteiger partial charge >= 0.3 is 0 Å². The molecule has 1 heteroatoms. The van der Waals surface area contributed by atoms with Crippen LogP contribution >= 0.6 is 0 Å². The molecule has 1 aliphatic carbocycles. The number of hydrogen-bond acceptors (Lipinski definition) is 1. The maximum Gasteiger partial charge on any atom is 0.0121 e. The highest BCUT2D eigenvalue weighted by molar-refractivity contribution is 5.39. The van der Waals surface area contributed by atoms with Gasteiger partial charge in [0.2, 0.25) is 0 Å². The van der Waals surface area contributed by atoms with Crippen LogP contribution < -0.4 is 5.32 Å². The fourth-order valence-corrected chi connectivity index (χ4v) is 3.93. The van der Waals surface area contributed by atoms with Gasteiger partial charge < -0.3 is 5.32 Å². The van der Waals surface area contributed by atoms with Crippen LogP contribution in [0.1, 0.15) is 42.9 Å². The van der Waals surface area contributed by atoms with Gasteiger partial charge in [0.05, 0.1) is 0 Å². The fraction of sp³-hybridized carbons (Fsp3) is 0.429. The van der Waals surface area contributed by atoms with Crippen molar-refractivity contribution in [3.8, 4) is 0 Å². The highest BCUT2D eigenvalue weighted by Crippen LogP contribution is 2.39. The molecule has 0 aliphatic heterocycles. The maximum atomic E-state index is 3.71. The van der Waals surface area contributed by atoms with Gasteiger partial charge in [-0.15, -0.1) is 0 Å². The first-order valence-electron chi connectivity index (χ1n) is 8.67. The summed E-state index contributed by atoms with van der Waals surface area (Å²) in [7, 11) is 0. The monoisotopic (exact) mass is 293 g/mol. The lowest BCUT2D eigenvalue weighted by Crippen LogP contribution is -2.43. The Labute approximate surface area is 134 Å². The normalized spacial score (nSPS) is 20.6. The molecule has 1 N–H and O–H groups in total. The summed E-state index contributed by atoms with van der Waals surface area (Å²) in [5.41, 5.74) is 4.85. The molecule has 22 heavy (non-hydrogen) atoms. The first kappa shape index (κ1) is 15.3. The van der Waals surface area contributed by atoms with Gasteiger partial charge in [-0.25, -0.2) is 0 Å². The highest BCUT2D eigenvalue weighted by Gasteiger charge is 2.36. The largest absolute Gasteiger partial charge is 0.316 e. The van der Waals surface area contributed by atoms with Gasteiger partial charge in [0.25, 0.3) is 0 Å². The van der Waals surface area contributed by atoms with Crippen molar-refractivity contribution in [1.29, 1.82) is 0 Å². The summed E-state index contributed by atoms with van der Waals surface area (Å²) in [5.74, 6) is 0. The van der Waals surface area contributed by atoms with Gasteiger partial charge in [-0.05, 0) is 55.3 Å². The van der Waals surface area contributed by atoms with E-state index >= 15 is 0 Å². The van der Waals surface area contributed by atoms with Gasteiger partial charge in [-0.1, -0.05) is 61.5 Å². The summed E-state index contributed by atoms with van der Waals surface area (Å²) in [6.07, 6.45) is 6.17. The lowest BCUT2D eigenvalue weighted by atomic mass is 9.66. The molecule has 0 saturated heterocycles. The van der Waals surface area contributed by atoms with E-state index < -0.39 is 0 Å². The van der Waals surface area contributed by atoms with E-state index in [1.165, 1.54) is 31.2 Å². The van der Waals surface area contributed by atoms with Crippen LogP contribution in [-0.2, 0) is 18.3 Å². The number of aryl methyl sites for hydroxylation is 1. The van der Waals surface area contributed by atoms with Crippen LogP contribution in [-0.4, -0.2) is 13.1 Å². The van der Waals surface area contributed by atoms with Crippen molar-refractivity contribution < 1.29 is 0 Å². The van der Waals surface area contributed by atoms with Crippen LogP contribution in [0.3, 0.4) is 0 Å². The number of rotatable bonds is 6. The summed E-state index contributed by atoms with van der Waals surface area (Å²) in [6, 6.07) is 20.1. The fourth-order valence-electron chi connectivity index (χ4n) is 3.93. The Morgan fingerprint density at radius 3 is 2.59 bits per heavy atom. The van der Waals surface area contributed by atoms with Crippen LogP contribution in [0.2, 0.25) is 0 Å². The van der Waals surface area contributed by atoms with Crippen molar-refractivity contribution in [3.05, 3.63) is 71.3 Å². The second-order valence-electron chi connectivity index (χ2n) is 6.63. The van der Waals surface area contributed by atoms with Crippen molar-refractivity contribution in [2.24, 2.45) is 0 Å². The van der Waals surface area contributed by atoms with Crippen LogP contribution in [0.15, 0.2) is 54.6 Å². The van der Waals surface area contributed by atoms with Crippen LogP contribution in [0.5, 0.6) is 0 Å². The minimum Gasteiger partial charge on any atom is -0.316 e. The van der Waals surface area contributed by atoms with Crippen molar-refractivity contribution in [2.75, 3.05) is 13.1 Å². The standard InChI is InChI=1S/C21H27N/c1-2-15-22-17-21(16-18-9-4-3-5-10-18)14-8-12-19-11-6-7-13-20(19)21/h3-7,9-11,13,22H,2,8,12,14-17H2,1H3. The maximum absolute atomic E-state index is 3.71. The molecule has 1 atom stereocenters. The Bertz CT molecular complexity index is 590. The first-order valence-corrected chi connectivity index (χ1v) is 8.67. The lowest BCUT2D eigenvalue weighted by molar-refractivity contribution is 0.336. The molecule has 0 heterocycles. The zero-order chi connectivity index (χ0) is 15.3. The Morgan fingerprint density at radius 2 is 1.77 bits per heavy atom.